The highest BCUT2D eigenvalue weighted by atomic mass is 35.5. The molecule has 0 aliphatic heterocycles. The number of anilines is 1. The fourth-order valence-electron chi connectivity index (χ4n) is 2.20. The van der Waals surface area contributed by atoms with Crippen LogP contribution in [0.25, 0.3) is 0 Å². The molecule has 0 radical (unpaired) electrons. The Kier molecular flexibility index (Phi) is 6.29. The van der Waals surface area contributed by atoms with E-state index in [1.807, 2.05) is 55.3 Å². The normalized spacial score (nSPS) is 10.2. The molecule has 2 rings (SSSR count). The zero-order valence-corrected chi connectivity index (χ0v) is 15.8. The fraction of sp³-hybridized carbons (Fsp3) is 0.278. The molecule has 0 spiro atoms. The van der Waals surface area contributed by atoms with Crippen molar-refractivity contribution in [2.24, 2.45) is 0 Å². The molecule has 0 bridgehead atoms. The highest BCUT2D eigenvalue weighted by Gasteiger charge is 2.11. The van der Waals surface area contributed by atoms with Crippen molar-refractivity contribution in [2.75, 3.05) is 26.6 Å². The topological polar surface area (TPSA) is 33.7 Å². The molecule has 0 aliphatic rings. The lowest BCUT2D eigenvalue weighted by Crippen LogP contribution is -2.30. The van der Waals surface area contributed by atoms with Gasteiger partial charge >= 0.3 is 0 Å². The monoisotopic (exact) mass is 364 g/mol. The fourth-order valence-corrected chi connectivity index (χ4v) is 2.56. The zero-order chi connectivity index (χ0) is 17.7. The Balaban J connectivity index is 2.07. The van der Waals surface area contributed by atoms with Gasteiger partial charge in [-0.15, -0.1) is 0 Å². The number of nitrogens with zero attached hydrogens (tertiary/aromatic N) is 1. The molecule has 0 heterocycles. The molecule has 0 amide bonds. The minimum Gasteiger partial charge on any atom is -0.497 e. The predicted molar refractivity (Wildman–Crippen MR) is 103 cm³/mol. The summed E-state index contributed by atoms with van der Waals surface area (Å²) in [6.07, 6.45) is 0. The largest absolute Gasteiger partial charge is 0.497 e. The van der Waals surface area contributed by atoms with E-state index in [2.05, 4.69) is 5.32 Å². The molecule has 24 heavy (non-hydrogen) atoms. The number of ether oxygens (including phenoxy) is 2. The van der Waals surface area contributed by atoms with Crippen molar-refractivity contribution in [3.8, 4) is 11.5 Å². The minimum absolute atomic E-state index is 0.604. The van der Waals surface area contributed by atoms with Gasteiger partial charge in [0, 0.05) is 35.9 Å². The second-order valence-corrected chi connectivity index (χ2v) is 6.22. The lowest BCUT2D eigenvalue weighted by molar-refractivity contribution is 0.384. The minimum atomic E-state index is 0.604. The van der Waals surface area contributed by atoms with E-state index in [9.17, 15) is 0 Å². The summed E-state index contributed by atoms with van der Waals surface area (Å²) in [5, 5.41) is 4.51. The van der Waals surface area contributed by atoms with Gasteiger partial charge in [-0.25, -0.2) is 0 Å². The van der Waals surface area contributed by atoms with Gasteiger partial charge in [0.2, 0.25) is 0 Å². The smallest absolute Gasteiger partial charge is 0.173 e. The van der Waals surface area contributed by atoms with E-state index in [0.29, 0.717) is 16.7 Å². The van der Waals surface area contributed by atoms with Gasteiger partial charge in [0.15, 0.2) is 5.11 Å². The number of methoxy groups -OCH3 is 2. The van der Waals surface area contributed by atoms with Gasteiger partial charge < -0.3 is 19.7 Å². The van der Waals surface area contributed by atoms with Crippen LogP contribution in [0.3, 0.4) is 0 Å². The Morgan fingerprint density at radius 3 is 2.54 bits per heavy atom. The molecular formula is C18H21ClN2O2S. The third-order valence-corrected chi connectivity index (χ3v) is 4.49. The predicted octanol–water partition coefficient (Wildman–Crippen LogP) is 4.49. The second-order valence-electron chi connectivity index (χ2n) is 5.43. The molecule has 0 aliphatic carbocycles. The molecular weight excluding hydrogens is 344 g/mol. The number of rotatable bonds is 5. The maximum atomic E-state index is 6.15. The molecule has 1 N–H and O–H groups in total. The van der Waals surface area contributed by atoms with Crippen LogP contribution in [-0.4, -0.2) is 31.3 Å². The van der Waals surface area contributed by atoms with Crippen LogP contribution in [-0.2, 0) is 6.54 Å². The van der Waals surface area contributed by atoms with Crippen LogP contribution in [0, 0.1) is 6.92 Å². The van der Waals surface area contributed by atoms with Crippen molar-refractivity contribution in [1.29, 1.82) is 0 Å². The maximum absolute atomic E-state index is 6.15. The molecule has 128 valence electrons. The van der Waals surface area contributed by atoms with Gasteiger partial charge in [-0.05, 0) is 49.0 Å². The summed E-state index contributed by atoms with van der Waals surface area (Å²) >= 11 is 11.6. The summed E-state index contributed by atoms with van der Waals surface area (Å²) in [5.74, 6) is 1.52. The molecule has 2 aromatic rings. The Bertz CT molecular complexity index is 737. The second kappa shape index (κ2) is 8.22. The highest BCUT2D eigenvalue weighted by molar-refractivity contribution is 7.80. The van der Waals surface area contributed by atoms with Crippen LogP contribution in [0.1, 0.15) is 11.1 Å². The first kappa shape index (κ1) is 18.4. The van der Waals surface area contributed by atoms with Gasteiger partial charge in [0.25, 0.3) is 0 Å². The first-order valence-corrected chi connectivity index (χ1v) is 8.22. The Morgan fingerprint density at radius 2 is 1.92 bits per heavy atom. The van der Waals surface area contributed by atoms with Crippen LogP contribution in [0.4, 0.5) is 5.69 Å². The van der Waals surface area contributed by atoms with E-state index in [-0.39, 0.29) is 0 Å². The van der Waals surface area contributed by atoms with Crippen LogP contribution >= 0.6 is 23.8 Å². The molecule has 0 atom stereocenters. The summed E-state index contributed by atoms with van der Waals surface area (Å²) in [5.41, 5.74) is 2.92. The zero-order valence-electron chi connectivity index (χ0n) is 14.2. The first-order valence-electron chi connectivity index (χ1n) is 7.43. The van der Waals surface area contributed by atoms with E-state index >= 15 is 0 Å². The molecule has 4 nitrogen and oxygen atoms in total. The van der Waals surface area contributed by atoms with E-state index in [0.717, 1.165) is 28.3 Å². The number of nitrogens with one attached hydrogen (secondary N) is 1. The summed E-state index contributed by atoms with van der Waals surface area (Å²) in [6, 6.07) is 11.5. The summed E-state index contributed by atoms with van der Waals surface area (Å²) in [6.45, 7) is 2.57. The van der Waals surface area contributed by atoms with Crippen molar-refractivity contribution in [1.82, 2.24) is 4.90 Å². The van der Waals surface area contributed by atoms with Crippen LogP contribution in [0.2, 0.25) is 5.02 Å². The number of hydrogen-bond acceptors (Lipinski definition) is 3. The average Bonchev–Trinajstić information content (AvgIpc) is 2.58. The standard InChI is InChI=1S/C18H21ClN2O2S/c1-12-5-7-14(9-16(12)19)20-18(24)21(2)11-13-6-8-15(22-3)10-17(13)23-4/h5-10H,11H2,1-4H3,(H,20,24). The van der Waals surface area contributed by atoms with Gasteiger partial charge in [0.1, 0.15) is 11.5 Å². The van der Waals surface area contributed by atoms with Crippen molar-refractivity contribution >= 4 is 34.6 Å². The van der Waals surface area contributed by atoms with E-state index < -0.39 is 0 Å². The summed E-state index contributed by atoms with van der Waals surface area (Å²) in [4.78, 5) is 1.94. The van der Waals surface area contributed by atoms with Crippen LogP contribution in [0.15, 0.2) is 36.4 Å². The number of benzene rings is 2. The lowest BCUT2D eigenvalue weighted by atomic mass is 10.2. The van der Waals surface area contributed by atoms with E-state index in [1.165, 1.54) is 0 Å². The molecule has 6 heteroatoms. The van der Waals surface area contributed by atoms with Gasteiger partial charge in [-0.2, -0.15) is 0 Å². The molecule has 0 fully saturated rings. The van der Waals surface area contributed by atoms with Crippen molar-refractivity contribution in [3.63, 3.8) is 0 Å². The third kappa shape index (κ3) is 4.52. The van der Waals surface area contributed by atoms with Crippen molar-refractivity contribution in [2.45, 2.75) is 13.5 Å². The Morgan fingerprint density at radius 1 is 1.17 bits per heavy atom. The number of aryl methyl sites for hydroxylation is 1. The van der Waals surface area contributed by atoms with Gasteiger partial charge in [0.05, 0.1) is 14.2 Å². The van der Waals surface area contributed by atoms with Crippen molar-refractivity contribution < 1.29 is 9.47 Å². The average molecular weight is 365 g/mol. The summed E-state index contributed by atoms with van der Waals surface area (Å²) in [7, 11) is 5.20. The van der Waals surface area contributed by atoms with Crippen molar-refractivity contribution in [3.05, 3.63) is 52.5 Å². The number of thiocarbonyl (C=S) groups is 1. The summed E-state index contributed by atoms with van der Waals surface area (Å²) < 4.78 is 10.6. The third-order valence-electron chi connectivity index (χ3n) is 3.67. The highest BCUT2D eigenvalue weighted by Crippen LogP contribution is 2.26. The van der Waals surface area contributed by atoms with Gasteiger partial charge in [-0.3, -0.25) is 0 Å². The molecule has 2 aromatic carbocycles. The SMILES string of the molecule is COc1ccc(CN(C)C(=S)Nc2ccc(C)c(Cl)c2)c(OC)c1. The van der Waals surface area contributed by atoms with Crippen LogP contribution < -0.4 is 14.8 Å². The van der Waals surface area contributed by atoms with E-state index in [4.69, 9.17) is 33.3 Å². The van der Waals surface area contributed by atoms with Crippen LogP contribution in [0.5, 0.6) is 11.5 Å². The number of halogens is 1. The number of hydrogen-bond donors (Lipinski definition) is 1. The molecule has 0 unspecified atom stereocenters. The molecule has 0 aromatic heterocycles. The quantitative estimate of drug-likeness (QED) is 0.790. The van der Waals surface area contributed by atoms with Gasteiger partial charge in [-0.1, -0.05) is 17.7 Å². The van der Waals surface area contributed by atoms with E-state index in [1.54, 1.807) is 14.2 Å². The lowest BCUT2D eigenvalue weighted by Gasteiger charge is -2.22. The first-order chi connectivity index (χ1) is 11.4. The Hall–Kier alpha value is -1.98. The Labute approximate surface area is 153 Å². The maximum Gasteiger partial charge on any atom is 0.173 e. The molecule has 0 saturated carbocycles. The molecule has 0 saturated heterocycles.